The van der Waals surface area contributed by atoms with Crippen molar-refractivity contribution in [3.63, 3.8) is 0 Å². The zero-order valence-corrected chi connectivity index (χ0v) is 12.0. The number of nitro groups is 1. The highest BCUT2D eigenvalue weighted by atomic mass is 79.9. The average molecular weight is 331 g/mol. The Kier molecular flexibility index (Phi) is 5.75. The van der Waals surface area contributed by atoms with E-state index < -0.39 is 10.9 Å². The van der Waals surface area contributed by atoms with Crippen LogP contribution in [0.3, 0.4) is 0 Å². The Morgan fingerprint density at radius 2 is 2.26 bits per heavy atom. The number of carboxylic acid groups (broad SMARTS) is 1. The van der Waals surface area contributed by atoms with Gasteiger partial charge in [0.2, 0.25) is 0 Å². The highest BCUT2D eigenvalue weighted by Gasteiger charge is 2.14. The molecule has 0 saturated carbocycles. The smallest absolute Gasteiger partial charge is 0.303 e. The molecular weight excluding hydrogens is 316 g/mol. The molecule has 0 fully saturated rings. The summed E-state index contributed by atoms with van der Waals surface area (Å²) in [7, 11) is 0. The van der Waals surface area contributed by atoms with Crippen LogP contribution in [0.15, 0.2) is 22.7 Å². The van der Waals surface area contributed by atoms with E-state index in [9.17, 15) is 14.9 Å². The number of nitrogens with zero attached hydrogens (tertiary/aromatic N) is 1. The Balaban J connectivity index is 2.63. The van der Waals surface area contributed by atoms with Crippen LogP contribution in [0.1, 0.15) is 19.8 Å². The molecule has 0 radical (unpaired) electrons. The highest BCUT2D eigenvalue weighted by Crippen LogP contribution is 2.28. The molecule has 0 aliphatic heterocycles. The lowest BCUT2D eigenvalue weighted by Crippen LogP contribution is -2.13. The van der Waals surface area contributed by atoms with E-state index in [0.29, 0.717) is 18.7 Å². The lowest BCUT2D eigenvalue weighted by atomic mass is 10.1. The minimum Gasteiger partial charge on any atom is -0.481 e. The third kappa shape index (κ3) is 5.25. The molecule has 0 heterocycles. The van der Waals surface area contributed by atoms with Gasteiger partial charge >= 0.3 is 5.97 Å². The highest BCUT2D eigenvalue weighted by molar-refractivity contribution is 9.10. The third-order valence-electron chi connectivity index (χ3n) is 2.65. The topological polar surface area (TPSA) is 92.5 Å². The average Bonchev–Trinajstić information content (AvgIpc) is 2.33. The van der Waals surface area contributed by atoms with Crippen molar-refractivity contribution in [2.45, 2.75) is 19.8 Å². The molecule has 6 nitrogen and oxygen atoms in total. The van der Waals surface area contributed by atoms with Gasteiger partial charge in [0, 0.05) is 23.5 Å². The number of hydrogen-bond acceptors (Lipinski definition) is 4. The van der Waals surface area contributed by atoms with Gasteiger partial charge in [-0.15, -0.1) is 0 Å². The molecule has 7 heteroatoms. The lowest BCUT2D eigenvalue weighted by Gasteiger charge is -2.12. The number of anilines is 1. The number of hydrogen-bond donors (Lipinski definition) is 2. The summed E-state index contributed by atoms with van der Waals surface area (Å²) >= 11 is 3.26. The van der Waals surface area contributed by atoms with Crippen LogP contribution in [0.2, 0.25) is 0 Å². The number of rotatable bonds is 7. The SMILES string of the molecule is CC(CCC(=O)O)CNc1cc(Br)ccc1[N+](=O)[O-]. The Morgan fingerprint density at radius 1 is 1.58 bits per heavy atom. The summed E-state index contributed by atoms with van der Waals surface area (Å²) in [6, 6.07) is 4.67. The van der Waals surface area contributed by atoms with Crippen LogP contribution in [0.25, 0.3) is 0 Å². The summed E-state index contributed by atoms with van der Waals surface area (Å²) in [5, 5.41) is 22.4. The standard InChI is InChI=1S/C12H15BrN2O4/c1-8(2-5-12(16)17)7-14-10-6-9(13)3-4-11(10)15(18)19/h3-4,6,8,14H,2,5,7H2,1H3,(H,16,17). The molecule has 0 saturated heterocycles. The van der Waals surface area contributed by atoms with Crippen molar-refractivity contribution in [2.75, 3.05) is 11.9 Å². The zero-order valence-electron chi connectivity index (χ0n) is 10.4. The van der Waals surface area contributed by atoms with E-state index in [2.05, 4.69) is 21.2 Å². The molecular formula is C12H15BrN2O4. The number of carboxylic acids is 1. The number of aliphatic carboxylic acids is 1. The van der Waals surface area contributed by atoms with Crippen molar-refractivity contribution >= 4 is 33.3 Å². The molecule has 0 aliphatic carbocycles. The van der Waals surface area contributed by atoms with Gasteiger partial charge in [-0.05, 0) is 24.5 Å². The minimum absolute atomic E-state index is 0.00799. The summed E-state index contributed by atoms with van der Waals surface area (Å²) in [6.45, 7) is 2.39. The van der Waals surface area contributed by atoms with Gasteiger partial charge < -0.3 is 10.4 Å². The fraction of sp³-hybridized carbons (Fsp3) is 0.417. The van der Waals surface area contributed by atoms with Gasteiger partial charge in [-0.1, -0.05) is 22.9 Å². The van der Waals surface area contributed by atoms with Crippen LogP contribution in [-0.4, -0.2) is 22.5 Å². The predicted octanol–water partition coefficient (Wildman–Crippen LogP) is 3.27. The second kappa shape index (κ2) is 7.08. The molecule has 0 aliphatic rings. The summed E-state index contributed by atoms with van der Waals surface area (Å²) in [5.41, 5.74) is 0.440. The van der Waals surface area contributed by atoms with Crippen molar-refractivity contribution in [1.29, 1.82) is 0 Å². The van der Waals surface area contributed by atoms with Gasteiger partial charge in [0.25, 0.3) is 5.69 Å². The van der Waals surface area contributed by atoms with Crippen molar-refractivity contribution in [1.82, 2.24) is 0 Å². The number of nitro benzene ring substituents is 1. The first-order valence-electron chi connectivity index (χ1n) is 5.79. The fourth-order valence-corrected chi connectivity index (χ4v) is 1.93. The van der Waals surface area contributed by atoms with Crippen LogP contribution in [0, 0.1) is 16.0 Å². The molecule has 1 rings (SSSR count). The maximum atomic E-state index is 10.9. The summed E-state index contributed by atoms with van der Waals surface area (Å²) in [5.74, 6) is -0.713. The summed E-state index contributed by atoms with van der Waals surface area (Å²) in [6.07, 6.45) is 0.632. The Bertz CT molecular complexity index is 479. The normalized spacial score (nSPS) is 11.9. The van der Waals surface area contributed by atoms with Crippen LogP contribution >= 0.6 is 15.9 Å². The predicted molar refractivity (Wildman–Crippen MR) is 75.3 cm³/mol. The van der Waals surface area contributed by atoms with Crippen LogP contribution in [-0.2, 0) is 4.79 Å². The van der Waals surface area contributed by atoms with Crippen molar-refractivity contribution in [3.05, 3.63) is 32.8 Å². The molecule has 19 heavy (non-hydrogen) atoms. The summed E-state index contributed by atoms with van der Waals surface area (Å²) in [4.78, 5) is 20.9. The lowest BCUT2D eigenvalue weighted by molar-refractivity contribution is -0.384. The van der Waals surface area contributed by atoms with Crippen molar-refractivity contribution < 1.29 is 14.8 Å². The number of benzene rings is 1. The first-order valence-corrected chi connectivity index (χ1v) is 6.59. The maximum absolute atomic E-state index is 10.9. The van der Waals surface area contributed by atoms with E-state index >= 15 is 0 Å². The van der Waals surface area contributed by atoms with Gasteiger partial charge in [0.15, 0.2) is 0 Å². The fourth-order valence-electron chi connectivity index (χ4n) is 1.57. The second-order valence-corrected chi connectivity index (χ2v) is 5.25. The summed E-state index contributed by atoms with van der Waals surface area (Å²) < 4.78 is 0.749. The van der Waals surface area contributed by atoms with Gasteiger partial charge in [-0.2, -0.15) is 0 Å². The van der Waals surface area contributed by atoms with Crippen molar-refractivity contribution in [2.24, 2.45) is 5.92 Å². The molecule has 0 bridgehead atoms. The zero-order chi connectivity index (χ0) is 14.4. The van der Waals surface area contributed by atoms with E-state index in [4.69, 9.17) is 5.11 Å². The monoisotopic (exact) mass is 330 g/mol. The third-order valence-corrected chi connectivity index (χ3v) is 3.14. The van der Waals surface area contributed by atoms with E-state index in [1.54, 1.807) is 12.1 Å². The van der Waals surface area contributed by atoms with E-state index in [0.717, 1.165) is 4.47 Å². The number of carbonyl (C=O) groups is 1. The van der Waals surface area contributed by atoms with E-state index in [1.807, 2.05) is 6.92 Å². The first kappa shape index (κ1) is 15.4. The van der Waals surface area contributed by atoms with Gasteiger partial charge in [0.05, 0.1) is 4.92 Å². The van der Waals surface area contributed by atoms with Gasteiger partial charge in [-0.25, -0.2) is 0 Å². The second-order valence-electron chi connectivity index (χ2n) is 4.34. The van der Waals surface area contributed by atoms with E-state index in [-0.39, 0.29) is 18.0 Å². The van der Waals surface area contributed by atoms with Crippen LogP contribution in [0.5, 0.6) is 0 Å². The maximum Gasteiger partial charge on any atom is 0.303 e. The molecule has 1 aromatic carbocycles. The largest absolute Gasteiger partial charge is 0.481 e. The number of nitrogens with one attached hydrogen (secondary N) is 1. The minimum atomic E-state index is -0.833. The molecule has 1 aromatic rings. The molecule has 2 N–H and O–H groups in total. The van der Waals surface area contributed by atoms with Crippen LogP contribution < -0.4 is 5.32 Å². The van der Waals surface area contributed by atoms with E-state index in [1.165, 1.54) is 6.07 Å². The Hall–Kier alpha value is -1.63. The Morgan fingerprint density at radius 3 is 2.84 bits per heavy atom. The molecule has 1 atom stereocenters. The molecule has 0 amide bonds. The molecule has 0 spiro atoms. The Labute approximate surface area is 119 Å². The van der Waals surface area contributed by atoms with Crippen LogP contribution in [0.4, 0.5) is 11.4 Å². The quantitative estimate of drug-likeness (QED) is 0.591. The molecule has 0 aromatic heterocycles. The van der Waals surface area contributed by atoms with Gasteiger partial charge in [0.1, 0.15) is 5.69 Å². The molecule has 1 unspecified atom stereocenters. The van der Waals surface area contributed by atoms with Gasteiger partial charge in [-0.3, -0.25) is 14.9 Å². The first-order chi connectivity index (χ1) is 8.90. The van der Waals surface area contributed by atoms with Crippen molar-refractivity contribution in [3.8, 4) is 0 Å². The number of halogens is 1. The molecule has 104 valence electrons.